The normalized spacial score (nSPS) is 10.7. The Morgan fingerprint density at radius 1 is 1.08 bits per heavy atom. The largest absolute Gasteiger partial charge is 0.0824 e. The average Bonchev–Trinajstić information content (AvgIpc) is 2.15. The lowest BCUT2D eigenvalue weighted by Gasteiger charge is -2.04. The summed E-state index contributed by atoms with van der Waals surface area (Å²) in [6.45, 7) is 0. The molecule has 0 spiro atoms. The summed E-state index contributed by atoms with van der Waals surface area (Å²) in [6.07, 6.45) is 0. The fraction of sp³-hybridized carbons (Fsp3) is 0. The number of rotatable bonds is 0. The molecular formula is C10H5Br2Cl. The minimum atomic E-state index is 0.755. The third-order valence-electron chi connectivity index (χ3n) is 1.88. The van der Waals surface area contributed by atoms with Crippen LogP contribution in [0.4, 0.5) is 0 Å². The Balaban J connectivity index is 2.94. The number of hydrogen-bond acceptors (Lipinski definition) is 0. The molecule has 2 rings (SSSR count). The lowest BCUT2D eigenvalue weighted by molar-refractivity contribution is 1.64. The van der Waals surface area contributed by atoms with Gasteiger partial charge in [0, 0.05) is 9.86 Å². The van der Waals surface area contributed by atoms with Gasteiger partial charge in [0.05, 0.1) is 9.50 Å². The molecule has 2 aromatic rings. The van der Waals surface area contributed by atoms with E-state index in [2.05, 4.69) is 31.9 Å². The van der Waals surface area contributed by atoms with Crippen molar-refractivity contribution in [2.24, 2.45) is 0 Å². The first-order chi connectivity index (χ1) is 6.20. The molecule has 66 valence electrons. The molecular weight excluding hydrogens is 315 g/mol. The van der Waals surface area contributed by atoms with Crippen molar-refractivity contribution in [2.75, 3.05) is 0 Å². The van der Waals surface area contributed by atoms with Gasteiger partial charge in [0.15, 0.2) is 0 Å². The van der Waals surface area contributed by atoms with Gasteiger partial charge in [0.2, 0.25) is 0 Å². The molecule has 13 heavy (non-hydrogen) atoms. The second kappa shape index (κ2) is 3.60. The van der Waals surface area contributed by atoms with Gasteiger partial charge >= 0.3 is 0 Å². The minimum absolute atomic E-state index is 0.755. The van der Waals surface area contributed by atoms with E-state index in [4.69, 9.17) is 11.6 Å². The third-order valence-corrected chi connectivity index (χ3v) is 4.48. The SMILES string of the molecule is Clc1c(Br)c(Br)cc2ccccc12. The molecule has 0 N–H and O–H groups in total. The maximum absolute atomic E-state index is 6.15. The highest BCUT2D eigenvalue weighted by molar-refractivity contribution is 9.13. The zero-order valence-corrected chi connectivity index (χ0v) is 10.4. The summed E-state index contributed by atoms with van der Waals surface area (Å²) in [5.74, 6) is 0. The van der Waals surface area contributed by atoms with E-state index < -0.39 is 0 Å². The molecule has 0 aromatic heterocycles. The topological polar surface area (TPSA) is 0 Å². The van der Waals surface area contributed by atoms with E-state index in [9.17, 15) is 0 Å². The molecule has 0 heterocycles. The first-order valence-electron chi connectivity index (χ1n) is 3.72. The van der Waals surface area contributed by atoms with E-state index in [1.165, 1.54) is 0 Å². The fourth-order valence-electron chi connectivity index (χ4n) is 1.25. The molecule has 2 aromatic carbocycles. The predicted molar refractivity (Wildman–Crippen MR) is 64.4 cm³/mol. The first-order valence-corrected chi connectivity index (χ1v) is 5.69. The van der Waals surface area contributed by atoms with Gasteiger partial charge in [0.1, 0.15) is 0 Å². The van der Waals surface area contributed by atoms with Crippen LogP contribution in [-0.2, 0) is 0 Å². The highest BCUT2D eigenvalue weighted by Gasteiger charge is 2.06. The van der Waals surface area contributed by atoms with Crippen molar-refractivity contribution in [3.63, 3.8) is 0 Å². The van der Waals surface area contributed by atoms with Crippen molar-refractivity contribution < 1.29 is 0 Å². The fourth-order valence-corrected chi connectivity index (χ4v) is 2.41. The highest BCUT2D eigenvalue weighted by Crippen LogP contribution is 2.36. The van der Waals surface area contributed by atoms with Crippen LogP contribution in [0.2, 0.25) is 5.02 Å². The number of halogens is 3. The third kappa shape index (κ3) is 1.63. The second-order valence-electron chi connectivity index (χ2n) is 2.71. The smallest absolute Gasteiger partial charge is 0.0637 e. The summed E-state index contributed by atoms with van der Waals surface area (Å²) in [7, 11) is 0. The minimum Gasteiger partial charge on any atom is -0.0824 e. The van der Waals surface area contributed by atoms with Crippen LogP contribution in [-0.4, -0.2) is 0 Å². The Hall–Kier alpha value is -0.0500. The first kappa shape index (κ1) is 9.50. The van der Waals surface area contributed by atoms with Crippen LogP contribution in [0.5, 0.6) is 0 Å². The average molecular weight is 320 g/mol. The van der Waals surface area contributed by atoms with Crippen LogP contribution in [0.1, 0.15) is 0 Å². The van der Waals surface area contributed by atoms with Crippen molar-refractivity contribution in [3.8, 4) is 0 Å². The Morgan fingerprint density at radius 3 is 2.54 bits per heavy atom. The van der Waals surface area contributed by atoms with Crippen LogP contribution in [0.3, 0.4) is 0 Å². The summed E-state index contributed by atoms with van der Waals surface area (Å²) < 4.78 is 1.89. The molecule has 0 fully saturated rings. The monoisotopic (exact) mass is 318 g/mol. The molecule has 0 atom stereocenters. The van der Waals surface area contributed by atoms with Gasteiger partial charge < -0.3 is 0 Å². The van der Waals surface area contributed by atoms with Gasteiger partial charge in [-0.3, -0.25) is 0 Å². The molecule has 0 nitrogen and oxygen atoms in total. The standard InChI is InChI=1S/C10H5Br2Cl/c11-8-5-6-3-1-2-4-7(6)10(13)9(8)12/h1-5H. The summed E-state index contributed by atoms with van der Waals surface area (Å²) in [5, 5.41) is 2.96. The van der Waals surface area contributed by atoms with E-state index in [1.807, 2.05) is 30.3 Å². The van der Waals surface area contributed by atoms with Crippen LogP contribution >= 0.6 is 43.5 Å². The Bertz CT molecular complexity index is 466. The molecule has 0 amide bonds. The van der Waals surface area contributed by atoms with E-state index in [-0.39, 0.29) is 0 Å². The summed E-state index contributed by atoms with van der Waals surface area (Å²) in [4.78, 5) is 0. The Kier molecular flexibility index (Phi) is 2.63. The molecule has 0 aliphatic heterocycles. The number of fused-ring (bicyclic) bond motifs is 1. The molecule has 3 heteroatoms. The van der Waals surface area contributed by atoms with Gasteiger partial charge in [-0.25, -0.2) is 0 Å². The van der Waals surface area contributed by atoms with Gasteiger partial charge in [-0.05, 0) is 43.3 Å². The Morgan fingerprint density at radius 2 is 1.77 bits per heavy atom. The van der Waals surface area contributed by atoms with Crippen molar-refractivity contribution in [1.29, 1.82) is 0 Å². The van der Waals surface area contributed by atoms with Crippen LogP contribution in [0.25, 0.3) is 10.8 Å². The van der Waals surface area contributed by atoms with Gasteiger partial charge in [-0.2, -0.15) is 0 Å². The molecule has 0 radical (unpaired) electrons. The van der Waals surface area contributed by atoms with E-state index in [1.54, 1.807) is 0 Å². The van der Waals surface area contributed by atoms with E-state index >= 15 is 0 Å². The predicted octanol–water partition coefficient (Wildman–Crippen LogP) is 5.02. The molecule has 0 unspecified atom stereocenters. The van der Waals surface area contributed by atoms with Gasteiger partial charge in [-0.15, -0.1) is 0 Å². The van der Waals surface area contributed by atoms with Gasteiger partial charge in [0.25, 0.3) is 0 Å². The lowest BCUT2D eigenvalue weighted by Crippen LogP contribution is -1.77. The quantitative estimate of drug-likeness (QED) is 0.598. The van der Waals surface area contributed by atoms with Crippen molar-refractivity contribution >= 4 is 54.2 Å². The molecule has 0 aliphatic carbocycles. The maximum atomic E-state index is 6.15. The van der Waals surface area contributed by atoms with Crippen LogP contribution in [0.15, 0.2) is 39.3 Å². The van der Waals surface area contributed by atoms with Crippen LogP contribution in [0, 0.1) is 0 Å². The zero-order chi connectivity index (χ0) is 9.42. The maximum Gasteiger partial charge on any atom is 0.0637 e. The molecule has 0 saturated carbocycles. The summed E-state index contributed by atoms with van der Waals surface area (Å²) in [6, 6.07) is 10.1. The van der Waals surface area contributed by atoms with Gasteiger partial charge in [-0.1, -0.05) is 35.9 Å². The van der Waals surface area contributed by atoms with Crippen LogP contribution < -0.4 is 0 Å². The highest BCUT2D eigenvalue weighted by atomic mass is 79.9. The Labute approximate surface area is 98.2 Å². The molecule has 0 bridgehead atoms. The summed E-state index contributed by atoms with van der Waals surface area (Å²) in [5.41, 5.74) is 0. The number of hydrogen-bond donors (Lipinski definition) is 0. The lowest BCUT2D eigenvalue weighted by atomic mass is 10.1. The van der Waals surface area contributed by atoms with Crippen molar-refractivity contribution in [2.45, 2.75) is 0 Å². The molecule has 0 saturated heterocycles. The second-order valence-corrected chi connectivity index (χ2v) is 4.73. The summed E-state index contributed by atoms with van der Waals surface area (Å²) >= 11 is 13.0. The number of benzene rings is 2. The van der Waals surface area contributed by atoms with E-state index in [0.29, 0.717) is 0 Å². The van der Waals surface area contributed by atoms with E-state index in [0.717, 1.165) is 24.7 Å². The zero-order valence-electron chi connectivity index (χ0n) is 6.52. The van der Waals surface area contributed by atoms with Crippen molar-refractivity contribution in [1.82, 2.24) is 0 Å². The molecule has 0 aliphatic rings. The van der Waals surface area contributed by atoms with Crippen molar-refractivity contribution in [3.05, 3.63) is 44.3 Å².